The number of benzene rings is 1. The molecule has 2 aromatic heterocycles. The summed E-state index contributed by atoms with van der Waals surface area (Å²) >= 11 is 16.0. The van der Waals surface area contributed by atoms with Crippen molar-refractivity contribution in [2.75, 3.05) is 26.2 Å². The van der Waals surface area contributed by atoms with Crippen LogP contribution in [0.15, 0.2) is 41.0 Å². The van der Waals surface area contributed by atoms with Crippen LogP contribution in [-0.2, 0) is 6.54 Å². The largest absolute Gasteiger partial charge is 0.315 e. The van der Waals surface area contributed by atoms with Gasteiger partial charge in [0.15, 0.2) is 5.65 Å². The number of hydrogen-bond acceptors (Lipinski definition) is 3. The first kappa shape index (κ1) is 18.3. The third-order valence-electron chi connectivity index (χ3n) is 4.70. The van der Waals surface area contributed by atoms with Crippen LogP contribution in [0.4, 0.5) is 0 Å². The van der Waals surface area contributed by atoms with Crippen LogP contribution in [0.5, 0.6) is 0 Å². The van der Waals surface area contributed by atoms with Crippen LogP contribution in [0.25, 0.3) is 16.9 Å². The van der Waals surface area contributed by atoms with E-state index < -0.39 is 0 Å². The molecule has 0 bridgehead atoms. The summed E-state index contributed by atoms with van der Waals surface area (Å²) in [6.07, 6.45) is 3.22. The van der Waals surface area contributed by atoms with Crippen LogP contribution in [-0.4, -0.2) is 40.5 Å². The molecular weight excluding hydrogens is 435 g/mol. The molecule has 0 saturated carbocycles. The van der Waals surface area contributed by atoms with Gasteiger partial charge in [-0.1, -0.05) is 29.3 Å². The Morgan fingerprint density at radius 1 is 1.12 bits per heavy atom. The molecule has 0 spiro atoms. The molecule has 3 heterocycles. The normalized spacial score (nSPS) is 16.1. The van der Waals surface area contributed by atoms with Gasteiger partial charge in [0.1, 0.15) is 0 Å². The van der Waals surface area contributed by atoms with Crippen LogP contribution >= 0.6 is 39.1 Å². The quantitative estimate of drug-likeness (QED) is 0.614. The van der Waals surface area contributed by atoms with Gasteiger partial charge in [-0.05, 0) is 59.7 Å². The number of pyridine rings is 1. The van der Waals surface area contributed by atoms with Gasteiger partial charge in [-0.15, -0.1) is 0 Å². The summed E-state index contributed by atoms with van der Waals surface area (Å²) in [6, 6.07) is 9.76. The third-order valence-corrected chi connectivity index (χ3v) is 6.06. The Labute approximate surface area is 171 Å². The number of fused-ring (bicyclic) bond motifs is 1. The molecule has 1 aliphatic rings. The van der Waals surface area contributed by atoms with Gasteiger partial charge in [-0.25, -0.2) is 4.98 Å². The van der Waals surface area contributed by atoms with Crippen LogP contribution in [0.1, 0.15) is 12.1 Å². The second kappa shape index (κ2) is 7.87. The minimum atomic E-state index is 0.546. The zero-order valence-electron chi connectivity index (χ0n) is 14.2. The lowest BCUT2D eigenvalue weighted by Gasteiger charge is -2.20. The number of aromatic nitrogens is 2. The van der Waals surface area contributed by atoms with Crippen molar-refractivity contribution < 1.29 is 0 Å². The van der Waals surface area contributed by atoms with Crippen molar-refractivity contribution in [1.29, 1.82) is 0 Å². The summed E-state index contributed by atoms with van der Waals surface area (Å²) in [5.41, 5.74) is 4.02. The minimum absolute atomic E-state index is 0.546. The van der Waals surface area contributed by atoms with Gasteiger partial charge in [0.25, 0.3) is 0 Å². The fourth-order valence-electron chi connectivity index (χ4n) is 3.38. The van der Waals surface area contributed by atoms with Crippen molar-refractivity contribution >= 4 is 44.8 Å². The van der Waals surface area contributed by atoms with Gasteiger partial charge in [0.05, 0.1) is 25.9 Å². The maximum atomic E-state index is 6.27. The van der Waals surface area contributed by atoms with E-state index in [0.717, 1.165) is 60.5 Å². The maximum absolute atomic E-state index is 6.27. The number of hydrogen-bond donors (Lipinski definition) is 1. The Balaban J connectivity index is 1.82. The molecule has 7 heteroatoms. The molecule has 0 aliphatic carbocycles. The van der Waals surface area contributed by atoms with E-state index >= 15 is 0 Å². The summed E-state index contributed by atoms with van der Waals surface area (Å²) in [4.78, 5) is 7.39. The molecule has 1 saturated heterocycles. The Kier molecular flexibility index (Phi) is 5.53. The SMILES string of the molecule is Clc1ccc(-c2nc3c(Br)cccn3c2CN2CCCNCC2)cc1Cl. The summed E-state index contributed by atoms with van der Waals surface area (Å²) in [5, 5.41) is 4.56. The van der Waals surface area contributed by atoms with E-state index in [-0.39, 0.29) is 0 Å². The Morgan fingerprint density at radius 3 is 2.85 bits per heavy atom. The molecule has 1 aromatic carbocycles. The molecule has 4 nitrogen and oxygen atoms in total. The van der Waals surface area contributed by atoms with Crippen LogP contribution in [0.3, 0.4) is 0 Å². The second-order valence-corrected chi connectivity index (χ2v) is 8.13. The van der Waals surface area contributed by atoms with Gasteiger partial charge < -0.3 is 9.72 Å². The monoisotopic (exact) mass is 452 g/mol. The first-order valence-corrected chi connectivity index (χ1v) is 10.2. The summed E-state index contributed by atoms with van der Waals surface area (Å²) in [6.45, 7) is 5.05. The summed E-state index contributed by atoms with van der Waals surface area (Å²) in [5.74, 6) is 0. The molecule has 1 aliphatic heterocycles. The number of nitrogens with zero attached hydrogens (tertiary/aromatic N) is 3. The fraction of sp³-hybridized carbons (Fsp3) is 0.316. The molecule has 26 heavy (non-hydrogen) atoms. The average molecular weight is 454 g/mol. The van der Waals surface area contributed by atoms with Crippen molar-refractivity contribution in [3.63, 3.8) is 0 Å². The van der Waals surface area contributed by atoms with Gasteiger partial charge in [-0.2, -0.15) is 0 Å². The fourth-order valence-corrected chi connectivity index (χ4v) is 4.11. The molecule has 0 atom stereocenters. The van der Waals surface area contributed by atoms with Gasteiger partial charge >= 0.3 is 0 Å². The lowest BCUT2D eigenvalue weighted by Crippen LogP contribution is -2.28. The first-order chi connectivity index (χ1) is 12.6. The number of nitrogens with one attached hydrogen (secondary N) is 1. The molecular formula is C19H19BrCl2N4. The Bertz CT molecular complexity index is 933. The summed E-state index contributed by atoms with van der Waals surface area (Å²) in [7, 11) is 0. The highest BCUT2D eigenvalue weighted by Gasteiger charge is 2.19. The van der Waals surface area contributed by atoms with E-state index in [1.807, 2.05) is 30.3 Å². The predicted molar refractivity (Wildman–Crippen MR) is 111 cm³/mol. The van der Waals surface area contributed by atoms with Crippen molar-refractivity contribution in [2.45, 2.75) is 13.0 Å². The lowest BCUT2D eigenvalue weighted by atomic mass is 10.1. The highest BCUT2D eigenvalue weighted by molar-refractivity contribution is 9.10. The Morgan fingerprint density at radius 2 is 2.00 bits per heavy atom. The zero-order valence-corrected chi connectivity index (χ0v) is 17.3. The summed E-state index contributed by atoms with van der Waals surface area (Å²) < 4.78 is 3.14. The van der Waals surface area contributed by atoms with E-state index in [0.29, 0.717) is 10.0 Å². The van der Waals surface area contributed by atoms with E-state index in [4.69, 9.17) is 28.2 Å². The highest BCUT2D eigenvalue weighted by Crippen LogP contribution is 2.32. The highest BCUT2D eigenvalue weighted by atomic mass is 79.9. The first-order valence-electron chi connectivity index (χ1n) is 8.67. The van der Waals surface area contributed by atoms with Gasteiger partial charge in [-0.3, -0.25) is 4.90 Å². The van der Waals surface area contributed by atoms with Gasteiger partial charge in [0, 0.05) is 31.4 Å². The topological polar surface area (TPSA) is 32.6 Å². The second-order valence-electron chi connectivity index (χ2n) is 6.47. The van der Waals surface area contributed by atoms with Crippen molar-refractivity contribution in [1.82, 2.24) is 19.6 Å². The van der Waals surface area contributed by atoms with Crippen LogP contribution in [0.2, 0.25) is 10.0 Å². The van der Waals surface area contributed by atoms with Crippen molar-refractivity contribution in [3.05, 3.63) is 56.7 Å². The van der Waals surface area contributed by atoms with E-state index in [9.17, 15) is 0 Å². The van der Waals surface area contributed by atoms with Crippen molar-refractivity contribution in [2.24, 2.45) is 0 Å². The average Bonchev–Trinajstić information content (AvgIpc) is 2.81. The maximum Gasteiger partial charge on any atom is 0.152 e. The van der Waals surface area contributed by atoms with Gasteiger partial charge in [0.2, 0.25) is 0 Å². The minimum Gasteiger partial charge on any atom is -0.315 e. The van der Waals surface area contributed by atoms with Crippen molar-refractivity contribution in [3.8, 4) is 11.3 Å². The number of halogens is 3. The smallest absolute Gasteiger partial charge is 0.152 e. The molecule has 0 unspecified atom stereocenters. The van der Waals surface area contributed by atoms with Crippen LogP contribution < -0.4 is 5.32 Å². The third kappa shape index (κ3) is 3.64. The van der Waals surface area contributed by atoms with Crippen LogP contribution in [0, 0.1) is 0 Å². The molecule has 3 aromatic rings. The van der Waals surface area contributed by atoms with E-state index in [1.165, 1.54) is 5.69 Å². The zero-order chi connectivity index (χ0) is 18.1. The molecule has 1 fully saturated rings. The van der Waals surface area contributed by atoms with E-state index in [1.54, 1.807) is 0 Å². The molecule has 136 valence electrons. The standard InChI is InChI=1S/C19H19BrCl2N4/c20-14-3-1-9-26-17(12-25-8-2-6-23-7-10-25)18(24-19(14)26)13-4-5-15(21)16(22)11-13/h1,3-5,9,11,23H,2,6-8,10,12H2. The molecule has 4 rings (SSSR count). The Hall–Kier alpha value is -1.11. The van der Waals surface area contributed by atoms with E-state index in [2.05, 4.69) is 36.7 Å². The number of rotatable bonds is 3. The predicted octanol–water partition coefficient (Wildman–Crippen LogP) is 4.87. The molecule has 0 amide bonds. The molecule has 0 radical (unpaired) electrons. The number of imidazole rings is 1. The lowest BCUT2D eigenvalue weighted by molar-refractivity contribution is 0.281. The molecule has 1 N–H and O–H groups in total.